The van der Waals surface area contributed by atoms with Crippen LogP contribution in [0.5, 0.6) is 5.75 Å². The molecule has 2 rings (SSSR count). The zero-order chi connectivity index (χ0) is 14.4. The van der Waals surface area contributed by atoms with Crippen molar-refractivity contribution in [3.63, 3.8) is 0 Å². The Kier molecular flexibility index (Phi) is 5.47. The normalized spacial score (nSPS) is 18.5. The van der Waals surface area contributed by atoms with Crippen molar-refractivity contribution in [1.29, 1.82) is 0 Å². The van der Waals surface area contributed by atoms with Crippen molar-refractivity contribution in [2.24, 2.45) is 0 Å². The van der Waals surface area contributed by atoms with E-state index in [1.807, 2.05) is 12.1 Å². The molecular formula is C18H28O2. The van der Waals surface area contributed by atoms with Gasteiger partial charge in [-0.2, -0.15) is 0 Å². The fourth-order valence-electron chi connectivity index (χ4n) is 3.13. The van der Waals surface area contributed by atoms with Crippen molar-refractivity contribution in [2.75, 3.05) is 0 Å². The number of phenols is 1. The van der Waals surface area contributed by atoms with Crippen LogP contribution in [-0.2, 0) is 11.2 Å². The molecule has 1 fully saturated rings. The highest BCUT2D eigenvalue weighted by atomic mass is 16.5. The molecule has 0 radical (unpaired) electrons. The Bertz CT molecular complexity index is 386. The Hall–Kier alpha value is -1.02. The Balaban J connectivity index is 1.89. The van der Waals surface area contributed by atoms with Gasteiger partial charge < -0.3 is 9.84 Å². The molecular weight excluding hydrogens is 248 g/mol. The number of ether oxygens (including phenoxy) is 1. The van der Waals surface area contributed by atoms with Crippen molar-refractivity contribution >= 4 is 0 Å². The van der Waals surface area contributed by atoms with Gasteiger partial charge in [0.05, 0.1) is 11.7 Å². The Morgan fingerprint density at radius 1 is 1.00 bits per heavy atom. The number of phenolic OH excluding ortho intramolecular Hbond substituents is 1. The molecule has 0 unspecified atom stereocenters. The van der Waals surface area contributed by atoms with Crippen molar-refractivity contribution in [3.8, 4) is 5.75 Å². The SMILES string of the molecule is CC(C)(Cc1ccc(O)cc1)OC1CCCCCCC1. The van der Waals surface area contributed by atoms with E-state index in [1.165, 1.54) is 50.5 Å². The summed E-state index contributed by atoms with van der Waals surface area (Å²) in [5.74, 6) is 0.326. The van der Waals surface area contributed by atoms with Crippen LogP contribution in [0.2, 0.25) is 0 Å². The third-order valence-corrected chi connectivity index (χ3v) is 4.10. The molecule has 0 aromatic heterocycles. The van der Waals surface area contributed by atoms with Crippen molar-refractivity contribution < 1.29 is 9.84 Å². The molecule has 112 valence electrons. The molecule has 0 amide bonds. The maximum Gasteiger partial charge on any atom is 0.115 e. The molecule has 1 aliphatic carbocycles. The van der Waals surface area contributed by atoms with Crippen LogP contribution in [0.1, 0.15) is 64.4 Å². The molecule has 1 N–H and O–H groups in total. The third-order valence-electron chi connectivity index (χ3n) is 4.10. The van der Waals surface area contributed by atoms with E-state index in [0.717, 1.165) is 6.42 Å². The smallest absolute Gasteiger partial charge is 0.115 e. The summed E-state index contributed by atoms with van der Waals surface area (Å²) in [6, 6.07) is 7.47. The van der Waals surface area contributed by atoms with Gasteiger partial charge in [0.1, 0.15) is 5.75 Å². The van der Waals surface area contributed by atoms with Gasteiger partial charge in [-0.1, -0.05) is 44.2 Å². The van der Waals surface area contributed by atoms with E-state index >= 15 is 0 Å². The van der Waals surface area contributed by atoms with E-state index in [0.29, 0.717) is 11.9 Å². The molecule has 1 saturated carbocycles. The van der Waals surface area contributed by atoms with Crippen LogP contribution in [0.25, 0.3) is 0 Å². The fourth-order valence-corrected chi connectivity index (χ4v) is 3.13. The van der Waals surface area contributed by atoms with Crippen LogP contribution in [0.15, 0.2) is 24.3 Å². The molecule has 1 aromatic carbocycles. The summed E-state index contributed by atoms with van der Waals surface area (Å²) in [4.78, 5) is 0. The van der Waals surface area contributed by atoms with E-state index in [9.17, 15) is 5.11 Å². The topological polar surface area (TPSA) is 29.5 Å². The van der Waals surface area contributed by atoms with Crippen LogP contribution in [0.3, 0.4) is 0 Å². The summed E-state index contributed by atoms with van der Waals surface area (Å²) in [7, 11) is 0. The highest BCUT2D eigenvalue weighted by Gasteiger charge is 2.24. The number of aromatic hydroxyl groups is 1. The Morgan fingerprint density at radius 2 is 1.55 bits per heavy atom. The maximum absolute atomic E-state index is 9.34. The van der Waals surface area contributed by atoms with E-state index < -0.39 is 0 Å². The molecule has 0 saturated heterocycles. The van der Waals surface area contributed by atoms with Gasteiger partial charge in [-0.3, -0.25) is 0 Å². The monoisotopic (exact) mass is 276 g/mol. The van der Waals surface area contributed by atoms with Gasteiger partial charge in [-0.05, 0) is 44.4 Å². The van der Waals surface area contributed by atoms with Crippen molar-refractivity contribution in [3.05, 3.63) is 29.8 Å². The Labute approximate surface area is 123 Å². The largest absolute Gasteiger partial charge is 0.508 e. The van der Waals surface area contributed by atoms with Crippen molar-refractivity contribution in [2.45, 2.75) is 76.9 Å². The zero-order valence-electron chi connectivity index (χ0n) is 12.9. The summed E-state index contributed by atoms with van der Waals surface area (Å²) in [5, 5.41) is 9.34. The summed E-state index contributed by atoms with van der Waals surface area (Å²) >= 11 is 0. The Morgan fingerprint density at radius 3 is 2.15 bits per heavy atom. The lowest BCUT2D eigenvalue weighted by Crippen LogP contribution is -2.33. The second-order valence-electron chi connectivity index (χ2n) is 6.69. The zero-order valence-corrected chi connectivity index (χ0v) is 12.9. The first-order valence-corrected chi connectivity index (χ1v) is 8.01. The maximum atomic E-state index is 9.34. The summed E-state index contributed by atoms with van der Waals surface area (Å²) < 4.78 is 6.39. The van der Waals surface area contributed by atoms with Gasteiger partial charge in [-0.15, -0.1) is 0 Å². The first kappa shape index (κ1) is 15.4. The summed E-state index contributed by atoms with van der Waals surface area (Å²) in [5.41, 5.74) is 1.08. The molecule has 0 aliphatic heterocycles. The lowest BCUT2D eigenvalue weighted by atomic mass is 9.95. The fraction of sp³-hybridized carbons (Fsp3) is 0.667. The number of hydrogen-bond acceptors (Lipinski definition) is 2. The first-order valence-electron chi connectivity index (χ1n) is 8.01. The van der Waals surface area contributed by atoms with Gasteiger partial charge in [0.2, 0.25) is 0 Å². The second kappa shape index (κ2) is 7.12. The number of benzene rings is 1. The molecule has 2 nitrogen and oxygen atoms in total. The number of hydrogen-bond donors (Lipinski definition) is 1. The first-order chi connectivity index (χ1) is 9.55. The minimum absolute atomic E-state index is 0.138. The highest BCUT2D eigenvalue weighted by molar-refractivity contribution is 5.26. The molecule has 0 spiro atoms. The molecule has 0 heterocycles. The average molecular weight is 276 g/mol. The molecule has 2 heteroatoms. The van der Waals surface area contributed by atoms with Crippen LogP contribution < -0.4 is 0 Å². The van der Waals surface area contributed by atoms with E-state index in [-0.39, 0.29) is 5.60 Å². The average Bonchev–Trinajstić information content (AvgIpc) is 2.35. The minimum Gasteiger partial charge on any atom is -0.508 e. The summed E-state index contributed by atoms with van der Waals surface area (Å²) in [6.45, 7) is 4.36. The van der Waals surface area contributed by atoms with Crippen LogP contribution in [0, 0.1) is 0 Å². The van der Waals surface area contributed by atoms with Gasteiger partial charge in [0.15, 0.2) is 0 Å². The molecule has 0 bridgehead atoms. The van der Waals surface area contributed by atoms with Gasteiger partial charge in [0, 0.05) is 6.42 Å². The molecule has 0 atom stereocenters. The highest BCUT2D eigenvalue weighted by Crippen LogP contribution is 2.26. The quantitative estimate of drug-likeness (QED) is 0.852. The van der Waals surface area contributed by atoms with Crippen molar-refractivity contribution in [1.82, 2.24) is 0 Å². The van der Waals surface area contributed by atoms with Crippen LogP contribution in [0.4, 0.5) is 0 Å². The predicted molar refractivity (Wildman–Crippen MR) is 83.1 cm³/mol. The van der Waals surface area contributed by atoms with E-state index in [4.69, 9.17) is 4.74 Å². The van der Waals surface area contributed by atoms with E-state index in [2.05, 4.69) is 13.8 Å². The minimum atomic E-state index is -0.138. The molecule has 1 aliphatic rings. The molecule has 20 heavy (non-hydrogen) atoms. The molecule has 1 aromatic rings. The lowest BCUT2D eigenvalue weighted by Gasteiger charge is -2.32. The van der Waals surface area contributed by atoms with Gasteiger partial charge in [-0.25, -0.2) is 0 Å². The van der Waals surface area contributed by atoms with Crippen LogP contribution in [-0.4, -0.2) is 16.8 Å². The predicted octanol–water partition coefficient (Wildman–Crippen LogP) is 4.84. The third kappa shape index (κ3) is 5.16. The van der Waals surface area contributed by atoms with Crippen LogP contribution >= 0.6 is 0 Å². The van der Waals surface area contributed by atoms with E-state index in [1.54, 1.807) is 12.1 Å². The lowest BCUT2D eigenvalue weighted by molar-refractivity contribution is -0.0797. The number of rotatable bonds is 4. The second-order valence-corrected chi connectivity index (χ2v) is 6.69. The summed E-state index contributed by atoms with van der Waals surface area (Å²) in [6.07, 6.45) is 10.4. The van der Waals surface area contributed by atoms with Gasteiger partial charge >= 0.3 is 0 Å². The standard InChI is InChI=1S/C18H28O2/c1-18(2,14-15-10-12-16(19)13-11-15)20-17-8-6-4-3-5-7-9-17/h10-13,17,19H,3-9,14H2,1-2H3. The van der Waals surface area contributed by atoms with Gasteiger partial charge in [0.25, 0.3) is 0 Å².